The molecule has 1 atom stereocenters. The van der Waals surface area contributed by atoms with E-state index in [0.717, 1.165) is 37.3 Å². The third-order valence-corrected chi connectivity index (χ3v) is 7.19. The van der Waals surface area contributed by atoms with E-state index in [9.17, 15) is 9.18 Å². The van der Waals surface area contributed by atoms with Gasteiger partial charge in [-0.15, -0.1) is 0 Å². The number of halogens is 3. The number of carbonyl (C=O) groups excluding carboxylic acids is 1. The molecule has 0 radical (unpaired) electrons. The van der Waals surface area contributed by atoms with Gasteiger partial charge in [-0.3, -0.25) is 4.79 Å². The number of rotatable bonds is 8. The van der Waals surface area contributed by atoms with E-state index in [2.05, 4.69) is 34.2 Å². The molecule has 1 aliphatic heterocycles. The van der Waals surface area contributed by atoms with E-state index in [1.54, 1.807) is 31.3 Å². The number of benzene rings is 2. The van der Waals surface area contributed by atoms with Gasteiger partial charge in [0.2, 0.25) is 0 Å². The Labute approximate surface area is 226 Å². The number of hydrogen-bond donors (Lipinski definition) is 2. The zero-order valence-corrected chi connectivity index (χ0v) is 22.5. The molecule has 37 heavy (non-hydrogen) atoms. The van der Waals surface area contributed by atoms with Crippen molar-refractivity contribution >= 4 is 34.9 Å². The van der Waals surface area contributed by atoms with Crippen molar-refractivity contribution in [1.82, 2.24) is 20.3 Å². The fourth-order valence-electron chi connectivity index (χ4n) is 4.50. The van der Waals surface area contributed by atoms with E-state index in [4.69, 9.17) is 33.7 Å². The lowest BCUT2D eigenvalue weighted by Crippen LogP contribution is -2.38. The Hall–Kier alpha value is -2.91. The van der Waals surface area contributed by atoms with E-state index >= 15 is 0 Å². The lowest BCUT2D eigenvalue weighted by Gasteiger charge is -2.24. The Kier molecular flexibility index (Phi) is 8.54. The summed E-state index contributed by atoms with van der Waals surface area (Å²) in [5, 5.41) is 7.82. The third-order valence-electron chi connectivity index (χ3n) is 6.48. The molecule has 0 saturated carbocycles. The maximum atomic E-state index is 14.0. The van der Waals surface area contributed by atoms with Crippen molar-refractivity contribution in [2.24, 2.45) is 0 Å². The van der Waals surface area contributed by atoms with Crippen LogP contribution in [0.5, 0.6) is 5.75 Å². The van der Waals surface area contributed by atoms with Gasteiger partial charge in [0.25, 0.3) is 5.91 Å². The second-order valence-corrected chi connectivity index (χ2v) is 9.67. The number of hydrazine groups is 1. The molecule has 10 heteroatoms. The maximum absolute atomic E-state index is 14.0. The average molecular weight is 546 g/mol. The molecular formula is C27H30Cl2FN5O2. The summed E-state index contributed by atoms with van der Waals surface area (Å²) in [6.07, 6.45) is 0.949. The van der Waals surface area contributed by atoms with Crippen molar-refractivity contribution in [3.8, 4) is 16.9 Å². The number of anilines is 1. The van der Waals surface area contributed by atoms with Gasteiger partial charge in [0.15, 0.2) is 11.6 Å². The molecule has 3 aromatic rings. The molecule has 1 unspecified atom stereocenters. The van der Waals surface area contributed by atoms with Crippen LogP contribution in [0, 0.1) is 5.82 Å². The van der Waals surface area contributed by atoms with E-state index in [1.807, 2.05) is 12.1 Å². The molecule has 0 spiro atoms. The van der Waals surface area contributed by atoms with Crippen LogP contribution in [0.2, 0.25) is 10.0 Å². The molecule has 2 aromatic carbocycles. The number of pyridine rings is 1. The number of aromatic nitrogens is 1. The summed E-state index contributed by atoms with van der Waals surface area (Å²) in [5.74, 6) is -0.207. The zero-order valence-electron chi connectivity index (χ0n) is 21.0. The molecule has 3 N–H and O–H groups in total. The number of carbonyl (C=O) groups is 1. The van der Waals surface area contributed by atoms with E-state index in [1.165, 1.54) is 12.1 Å². The first-order chi connectivity index (χ1) is 17.7. The summed E-state index contributed by atoms with van der Waals surface area (Å²) in [4.78, 5) is 17.1. The van der Waals surface area contributed by atoms with Gasteiger partial charge in [-0.25, -0.2) is 19.4 Å². The highest BCUT2D eigenvalue weighted by atomic mass is 35.5. The molecule has 0 aliphatic carbocycles. The monoisotopic (exact) mass is 545 g/mol. The second-order valence-electron chi connectivity index (χ2n) is 8.88. The van der Waals surface area contributed by atoms with Crippen molar-refractivity contribution in [2.45, 2.75) is 32.9 Å². The predicted octanol–water partition coefficient (Wildman–Crippen LogP) is 5.59. The molecule has 196 valence electrons. The minimum absolute atomic E-state index is 0.0789. The highest BCUT2D eigenvalue weighted by molar-refractivity contribution is 6.36. The smallest absolute Gasteiger partial charge is 0.251 e. The topological polar surface area (TPSA) is 83.7 Å². The van der Waals surface area contributed by atoms with E-state index in [0.29, 0.717) is 16.9 Å². The molecule has 1 amide bonds. The summed E-state index contributed by atoms with van der Waals surface area (Å²) >= 11 is 12.4. The normalized spacial score (nSPS) is 15.6. The minimum Gasteiger partial charge on any atom is -0.482 e. The number of nitrogens with two attached hydrogens (primary N) is 1. The summed E-state index contributed by atoms with van der Waals surface area (Å²) in [6, 6.07) is 11.7. The Morgan fingerprint density at radius 2 is 1.78 bits per heavy atom. The van der Waals surface area contributed by atoms with Crippen molar-refractivity contribution in [3.63, 3.8) is 0 Å². The lowest BCUT2D eigenvalue weighted by molar-refractivity contribution is 0.0388. The summed E-state index contributed by atoms with van der Waals surface area (Å²) in [5.41, 5.74) is 8.52. The lowest BCUT2D eigenvalue weighted by atomic mass is 10.0. The number of nitrogens with zero attached hydrogens (tertiary/aromatic N) is 3. The van der Waals surface area contributed by atoms with Gasteiger partial charge in [-0.05, 0) is 42.8 Å². The van der Waals surface area contributed by atoms with Gasteiger partial charge in [0.05, 0.1) is 11.1 Å². The van der Waals surface area contributed by atoms with Gasteiger partial charge in [0, 0.05) is 54.1 Å². The Morgan fingerprint density at radius 1 is 1.14 bits per heavy atom. The van der Waals surface area contributed by atoms with Crippen molar-refractivity contribution < 1.29 is 13.9 Å². The Bertz CT molecular complexity index is 1260. The largest absolute Gasteiger partial charge is 0.482 e. The number of nitrogen functional groups attached to an aromatic ring is 1. The van der Waals surface area contributed by atoms with Crippen molar-refractivity contribution in [1.29, 1.82) is 0 Å². The summed E-state index contributed by atoms with van der Waals surface area (Å²) in [7, 11) is 0. The first-order valence-electron chi connectivity index (χ1n) is 12.2. The van der Waals surface area contributed by atoms with E-state index in [-0.39, 0.29) is 27.8 Å². The quantitative estimate of drug-likeness (QED) is 0.359. The highest BCUT2D eigenvalue weighted by Gasteiger charge is 2.29. The predicted molar refractivity (Wildman–Crippen MR) is 145 cm³/mol. The Morgan fingerprint density at radius 3 is 2.41 bits per heavy atom. The van der Waals surface area contributed by atoms with Gasteiger partial charge in [0.1, 0.15) is 11.9 Å². The number of nitrogens with one attached hydrogen (secondary N) is 1. The minimum atomic E-state index is -0.677. The van der Waals surface area contributed by atoms with Crippen LogP contribution in [0.1, 0.15) is 42.8 Å². The number of amides is 1. The third kappa shape index (κ3) is 5.99. The van der Waals surface area contributed by atoms with Crippen LogP contribution in [0.15, 0.2) is 48.7 Å². The van der Waals surface area contributed by atoms with E-state index < -0.39 is 11.9 Å². The SMILES string of the molecule is CCN1CC(NC(=O)c2ccc(-c3cnc(N)c(OC(C)c4c(Cl)ccc(F)c4Cl)c3)cc2)CN1CC. The number of hydrogen-bond acceptors (Lipinski definition) is 6. The standard InChI is InChI=1S/C27H30Cl2FN5O2/c1-4-34-14-20(15-35(34)5-2)33-27(36)18-8-6-17(7-9-18)19-12-23(26(31)32-13-19)37-16(3)24-21(28)10-11-22(30)25(24)29/h6-13,16,20H,4-5,14-15H2,1-3H3,(H2,31,32)(H,33,36). The van der Waals surface area contributed by atoms with Crippen LogP contribution in [-0.4, -0.2) is 53.1 Å². The molecular weight excluding hydrogens is 516 g/mol. The van der Waals surface area contributed by atoms with Crippen molar-refractivity contribution in [2.75, 3.05) is 31.9 Å². The molecule has 7 nitrogen and oxygen atoms in total. The first kappa shape index (κ1) is 27.1. The van der Waals surface area contributed by atoms with Gasteiger partial charge in [-0.1, -0.05) is 49.2 Å². The van der Waals surface area contributed by atoms with Gasteiger partial charge < -0.3 is 15.8 Å². The molecule has 1 fully saturated rings. The Balaban J connectivity index is 1.47. The van der Waals surface area contributed by atoms with Gasteiger partial charge >= 0.3 is 0 Å². The first-order valence-corrected chi connectivity index (χ1v) is 12.9. The maximum Gasteiger partial charge on any atom is 0.251 e. The molecule has 0 bridgehead atoms. The average Bonchev–Trinajstić information content (AvgIpc) is 3.29. The fraction of sp³-hybridized carbons (Fsp3) is 0.333. The molecule has 1 aliphatic rings. The molecule has 1 saturated heterocycles. The van der Waals surface area contributed by atoms with Crippen LogP contribution in [0.3, 0.4) is 0 Å². The van der Waals surface area contributed by atoms with Crippen LogP contribution >= 0.6 is 23.2 Å². The fourth-order valence-corrected chi connectivity index (χ4v) is 5.18. The van der Waals surface area contributed by atoms with Crippen LogP contribution in [0.25, 0.3) is 11.1 Å². The molecule has 1 aromatic heterocycles. The van der Waals surface area contributed by atoms with Crippen LogP contribution in [0.4, 0.5) is 10.2 Å². The second kappa shape index (κ2) is 11.6. The van der Waals surface area contributed by atoms with Crippen molar-refractivity contribution in [3.05, 3.63) is 75.7 Å². The number of likely N-dealkylation sites (N-methyl/N-ethyl adjacent to an activating group) is 2. The van der Waals surface area contributed by atoms with Crippen LogP contribution < -0.4 is 15.8 Å². The number of ether oxygens (including phenoxy) is 1. The summed E-state index contributed by atoms with van der Waals surface area (Å²) < 4.78 is 20.0. The summed E-state index contributed by atoms with van der Waals surface area (Å²) in [6.45, 7) is 9.36. The molecule has 2 heterocycles. The van der Waals surface area contributed by atoms with Crippen LogP contribution in [-0.2, 0) is 0 Å². The highest BCUT2D eigenvalue weighted by Crippen LogP contribution is 2.37. The zero-order chi connectivity index (χ0) is 26.7. The molecule has 4 rings (SSSR count). The van der Waals surface area contributed by atoms with Gasteiger partial charge in [-0.2, -0.15) is 0 Å².